The van der Waals surface area contributed by atoms with Crippen LogP contribution in [0.3, 0.4) is 0 Å². The normalized spacial score (nSPS) is 22.7. The molecule has 2 N–H and O–H groups in total. The van der Waals surface area contributed by atoms with Gasteiger partial charge in [-0.3, -0.25) is 0 Å². The Morgan fingerprint density at radius 2 is 1.88 bits per heavy atom. The molecule has 0 saturated heterocycles. The smallest absolute Gasteiger partial charge is 0.0771 e. The van der Waals surface area contributed by atoms with E-state index in [1.807, 2.05) is 11.8 Å². The molecule has 0 aromatic carbocycles. The fourth-order valence-corrected chi connectivity index (χ4v) is 3.15. The van der Waals surface area contributed by atoms with E-state index in [0.717, 1.165) is 25.9 Å². The van der Waals surface area contributed by atoms with Crippen LogP contribution < -0.4 is 5.32 Å². The quantitative estimate of drug-likeness (QED) is 0.706. The molecule has 1 fully saturated rings. The molecule has 0 spiro atoms. The summed E-state index contributed by atoms with van der Waals surface area (Å²) in [6, 6.07) is 0. The topological polar surface area (TPSA) is 32.3 Å². The molecule has 1 saturated carbocycles. The average molecular weight is 245 g/mol. The van der Waals surface area contributed by atoms with E-state index >= 15 is 0 Å². The van der Waals surface area contributed by atoms with E-state index in [0.29, 0.717) is 5.92 Å². The van der Waals surface area contributed by atoms with Crippen LogP contribution in [0.4, 0.5) is 0 Å². The molecule has 0 aliphatic heterocycles. The molecule has 3 heteroatoms. The van der Waals surface area contributed by atoms with Gasteiger partial charge in [0.1, 0.15) is 0 Å². The second-order valence-electron chi connectivity index (χ2n) is 5.33. The number of thioether (sulfide) groups is 1. The van der Waals surface area contributed by atoms with E-state index in [1.54, 1.807) is 0 Å². The minimum Gasteiger partial charge on any atom is -0.389 e. The lowest BCUT2D eigenvalue weighted by Gasteiger charge is -2.27. The van der Waals surface area contributed by atoms with Crippen molar-refractivity contribution in [3.05, 3.63) is 0 Å². The third kappa shape index (κ3) is 5.55. The van der Waals surface area contributed by atoms with E-state index < -0.39 is 5.60 Å². The van der Waals surface area contributed by atoms with E-state index in [4.69, 9.17) is 0 Å². The number of nitrogens with one attached hydrogen (secondary N) is 1. The first-order valence-electron chi connectivity index (χ1n) is 6.58. The van der Waals surface area contributed by atoms with Crippen LogP contribution >= 0.6 is 11.8 Å². The van der Waals surface area contributed by atoms with Gasteiger partial charge in [0, 0.05) is 6.54 Å². The highest BCUT2D eigenvalue weighted by Crippen LogP contribution is 2.26. The predicted molar refractivity (Wildman–Crippen MR) is 73.1 cm³/mol. The molecule has 0 aromatic rings. The van der Waals surface area contributed by atoms with Gasteiger partial charge in [0.2, 0.25) is 0 Å². The SMILES string of the molecule is CSCC(C)CNCC1(O)CCCCCC1. The average Bonchev–Trinajstić information content (AvgIpc) is 2.44. The van der Waals surface area contributed by atoms with Crippen molar-refractivity contribution < 1.29 is 5.11 Å². The number of hydrogen-bond donors (Lipinski definition) is 2. The van der Waals surface area contributed by atoms with Crippen molar-refractivity contribution in [3.8, 4) is 0 Å². The Labute approximate surface area is 105 Å². The minimum absolute atomic E-state index is 0.421. The first-order valence-corrected chi connectivity index (χ1v) is 7.98. The number of aliphatic hydroxyl groups is 1. The molecule has 16 heavy (non-hydrogen) atoms. The lowest BCUT2D eigenvalue weighted by molar-refractivity contribution is 0.0249. The van der Waals surface area contributed by atoms with E-state index in [9.17, 15) is 5.11 Å². The molecule has 1 aliphatic carbocycles. The molecule has 0 radical (unpaired) electrons. The lowest BCUT2D eigenvalue weighted by atomic mass is 9.94. The fourth-order valence-electron chi connectivity index (χ4n) is 2.46. The van der Waals surface area contributed by atoms with E-state index in [-0.39, 0.29) is 0 Å². The summed E-state index contributed by atoms with van der Waals surface area (Å²) in [4.78, 5) is 0. The third-order valence-corrected chi connectivity index (χ3v) is 4.33. The summed E-state index contributed by atoms with van der Waals surface area (Å²) >= 11 is 1.90. The van der Waals surface area contributed by atoms with Gasteiger partial charge in [-0.2, -0.15) is 11.8 Å². The molecule has 1 rings (SSSR count). The van der Waals surface area contributed by atoms with Gasteiger partial charge >= 0.3 is 0 Å². The van der Waals surface area contributed by atoms with Crippen molar-refractivity contribution in [1.29, 1.82) is 0 Å². The van der Waals surface area contributed by atoms with Crippen LogP contribution in [0.1, 0.15) is 45.4 Å². The van der Waals surface area contributed by atoms with Gasteiger partial charge in [-0.25, -0.2) is 0 Å². The van der Waals surface area contributed by atoms with Crippen LogP contribution in [0.15, 0.2) is 0 Å². The first kappa shape index (κ1) is 14.3. The maximum Gasteiger partial charge on any atom is 0.0771 e. The summed E-state index contributed by atoms with van der Waals surface area (Å²) < 4.78 is 0. The Morgan fingerprint density at radius 3 is 2.44 bits per heavy atom. The number of hydrogen-bond acceptors (Lipinski definition) is 3. The van der Waals surface area contributed by atoms with E-state index in [1.165, 1.54) is 31.4 Å². The highest BCUT2D eigenvalue weighted by Gasteiger charge is 2.27. The van der Waals surface area contributed by atoms with Gasteiger partial charge < -0.3 is 10.4 Å². The minimum atomic E-state index is -0.421. The van der Waals surface area contributed by atoms with Gasteiger partial charge in [-0.05, 0) is 37.3 Å². The second kappa shape index (κ2) is 7.57. The summed E-state index contributed by atoms with van der Waals surface area (Å²) in [7, 11) is 0. The van der Waals surface area contributed by atoms with Crippen molar-refractivity contribution in [2.24, 2.45) is 5.92 Å². The summed E-state index contributed by atoms with van der Waals surface area (Å²) in [6.07, 6.45) is 9.09. The molecule has 1 aliphatic rings. The van der Waals surface area contributed by atoms with Gasteiger partial charge in [0.05, 0.1) is 5.60 Å². The van der Waals surface area contributed by atoms with Crippen molar-refractivity contribution in [2.75, 3.05) is 25.1 Å². The third-order valence-electron chi connectivity index (χ3n) is 3.43. The molecule has 0 heterocycles. The summed E-state index contributed by atoms with van der Waals surface area (Å²) in [5.74, 6) is 1.90. The predicted octanol–water partition coefficient (Wildman–Crippen LogP) is 2.66. The van der Waals surface area contributed by atoms with E-state index in [2.05, 4.69) is 18.5 Å². The lowest BCUT2D eigenvalue weighted by Crippen LogP contribution is -2.41. The first-order chi connectivity index (χ1) is 7.66. The summed E-state index contributed by atoms with van der Waals surface area (Å²) in [5, 5.41) is 13.9. The highest BCUT2D eigenvalue weighted by molar-refractivity contribution is 7.98. The second-order valence-corrected chi connectivity index (χ2v) is 6.24. The van der Waals surface area contributed by atoms with Crippen molar-refractivity contribution in [1.82, 2.24) is 5.32 Å². The molecule has 1 unspecified atom stereocenters. The highest BCUT2D eigenvalue weighted by atomic mass is 32.2. The zero-order valence-corrected chi connectivity index (χ0v) is 11.6. The molecule has 0 bridgehead atoms. The van der Waals surface area contributed by atoms with Crippen LogP contribution in [-0.2, 0) is 0 Å². The van der Waals surface area contributed by atoms with Crippen molar-refractivity contribution >= 4 is 11.8 Å². The van der Waals surface area contributed by atoms with Gasteiger partial charge in [-0.15, -0.1) is 0 Å². The zero-order chi connectivity index (χ0) is 11.9. The summed E-state index contributed by atoms with van der Waals surface area (Å²) in [5.41, 5.74) is -0.421. The van der Waals surface area contributed by atoms with Gasteiger partial charge in [0.15, 0.2) is 0 Å². The van der Waals surface area contributed by atoms with Crippen molar-refractivity contribution in [3.63, 3.8) is 0 Å². The molecule has 1 atom stereocenters. The van der Waals surface area contributed by atoms with Crippen LogP contribution in [-0.4, -0.2) is 35.8 Å². The fraction of sp³-hybridized carbons (Fsp3) is 1.00. The van der Waals surface area contributed by atoms with Crippen LogP contribution in [0, 0.1) is 5.92 Å². The zero-order valence-electron chi connectivity index (χ0n) is 10.8. The Kier molecular flexibility index (Phi) is 6.78. The maximum absolute atomic E-state index is 10.4. The standard InChI is InChI=1S/C13H27NOS/c1-12(10-16-2)9-14-11-13(15)7-5-3-4-6-8-13/h12,14-15H,3-11H2,1-2H3. The van der Waals surface area contributed by atoms with Crippen LogP contribution in [0.25, 0.3) is 0 Å². The van der Waals surface area contributed by atoms with Crippen molar-refractivity contribution in [2.45, 2.75) is 51.0 Å². The molecule has 96 valence electrons. The molecular formula is C13H27NOS. The Balaban J connectivity index is 2.19. The number of rotatable bonds is 6. The molecular weight excluding hydrogens is 218 g/mol. The van der Waals surface area contributed by atoms with Crippen LogP contribution in [0.5, 0.6) is 0 Å². The van der Waals surface area contributed by atoms with Gasteiger partial charge in [0.25, 0.3) is 0 Å². The Hall–Kier alpha value is 0.270. The van der Waals surface area contributed by atoms with Crippen LogP contribution in [0.2, 0.25) is 0 Å². The molecule has 0 aromatic heterocycles. The molecule has 0 amide bonds. The monoisotopic (exact) mass is 245 g/mol. The Morgan fingerprint density at radius 1 is 1.25 bits per heavy atom. The molecule has 2 nitrogen and oxygen atoms in total. The Bertz CT molecular complexity index is 179. The van der Waals surface area contributed by atoms with Gasteiger partial charge in [-0.1, -0.05) is 32.6 Å². The maximum atomic E-state index is 10.4. The largest absolute Gasteiger partial charge is 0.389 e. The summed E-state index contributed by atoms with van der Waals surface area (Å²) in [6.45, 7) is 4.08.